The van der Waals surface area contributed by atoms with Crippen molar-refractivity contribution in [2.24, 2.45) is 0 Å². The predicted octanol–water partition coefficient (Wildman–Crippen LogP) is 1.72. The first-order valence-corrected chi connectivity index (χ1v) is 6.16. The Hall–Kier alpha value is -1.44. The van der Waals surface area contributed by atoms with Crippen molar-refractivity contribution in [1.82, 2.24) is 0 Å². The van der Waals surface area contributed by atoms with Gasteiger partial charge < -0.3 is 24.6 Å². The molecule has 7 heteroatoms. The summed E-state index contributed by atoms with van der Waals surface area (Å²) in [6.07, 6.45) is -0.758. The molecule has 0 bridgehead atoms. The quantitative estimate of drug-likeness (QED) is 0.643. The third-order valence-corrected chi connectivity index (χ3v) is 2.37. The lowest BCUT2D eigenvalue weighted by Gasteiger charge is -2.15. The van der Waals surface area contributed by atoms with E-state index in [0.29, 0.717) is 18.9 Å². The number of nitrogens with one attached hydrogen (secondary N) is 1. The second-order valence-corrected chi connectivity index (χ2v) is 3.98. The number of aliphatic hydroxyl groups excluding tert-OH is 1. The first-order chi connectivity index (χ1) is 9.63. The molecule has 114 valence electrons. The van der Waals surface area contributed by atoms with E-state index in [1.165, 1.54) is 6.07 Å². The number of halogens is 2. The van der Waals surface area contributed by atoms with Crippen molar-refractivity contribution in [2.45, 2.75) is 12.7 Å². The van der Waals surface area contributed by atoms with E-state index >= 15 is 0 Å². The highest BCUT2D eigenvalue weighted by Crippen LogP contribution is 2.25. The Morgan fingerprint density at radius 3 is 2.70 bits per heavy atom. The van der Waals surface area contributed by atoms with Crippen molar-refractivity contribution in [3.63, 3.8) is 0 Å². The van der Waals surface area contributed by atoms with E-state index in [9.17, 15) is 13.9 Å². The van der Waals surface area contributed by atoms with Gasteiger partial charge in [-0.15, -0.1) is 0 Å². The highest BCUT2D eigenvalue weighted by atomic mass is 19.3. The fourth-order valence-electron chi connectivity index (χ4n) is 1.46. The fourth-order valence-corrected chi connectivity index (χ4v) is 1.46. The molecule has 1 rings (SSSR count). The Morgan fingerprint density at radius 2 is 2.00 bits per heavy atom. The van der Waals surface area contributed by atoms with Gasteiger partial charge in [-0.25, -0.2) is 0 Å². The second kappa shape index (κ2) is 9.46. The monoisotopic (exact) mass is 291 g/mol. The van der Waals surface area contributed by atoms with Crippen LogP contribution in [0.3, 0.4) is 0 Å². The molecule has 0 fully saturated rings. The van der Waals surface area contributed by atoms with E-state index in [2.05, 4.69) is 10.1 Å². The average Bonchev–Trinajstić information content (AvgIpc) is 2.42. The number of hydrogen-bond donors (Lipinski definition) is 2. The molecule has 0 radical (unpaired) electrons. The third kappa shape index (κ3) is 6.65. The van der Waals surface area contributed by atoms with Crippen molar-refractivity contribution < 1.29 is 28.1 Å². The molecular weight excluding hydrogens is 272 g/mol. The van der Waals surface area contributed by atoms with Crippen molar-refractivity contribution in [2.75, 3.05) is 38.8 Å². The Kier molecular flexibility index (Phi) is 7.86. The first-order valence-electron chi connectivity index (χ1n) is 6.16. The molecule has 0 heterocycles. The summed E-state index contributed by atoms with van der Waals surface area (Å²) in [5.41, 5.74) is 0.392. The molecule has 1 aromatic carbocycles. The molecular formula is C13H19F2NO4. The molecule has 0 aliphatic heterocycles. The van der Waals surface area contributed by atoms with Gasteiger partial charge >= 0.3 is 6.61 Å². The van der Waals surface area contributed by atoms with Crippen LogP contribution < -0.4 is 10.1 Å². The van der Waals surface area contributed by atoms with Gasteiger partial charge in [-0.1, -0.05) is 12.1 Å². The van der Waals surface area contributed by atoms with E-state index in [4.69, 9.17) is 9.47 Å². The molecule has 0 aliphatic rings. The summed E-state index contributed by atoms with van der Waals surface area (Å²) in [5.74, 6) is 0.0370. The van der Waals surface area contributed by atoms with Gasteiger partial charge in [0.1, 0.15) is 5.75 Å². The minimum Gasteiger partial charge on any atom is -0.433 e. The number of anilines is 1. The standard InChI is InChI=1S/C13H19F2NO4/c1-18-6-7-19-9-10(17)8-16-11-4-2-3-5-12(11)20-13(14)15/h2-5,10,13,16-17H,6-9H2,1H3. The maximum Gasteiger partial charge on any atom is 0.387 e. The summed E-state index contributed by atoms with van der Waals surface area (Å²) in [6.45, 7) is -1.76. The first kappa shape index (κ1) is 16.6. The number of rotatable bonds is 10. The van der Waals surface area contributed by atoms with Crippen LogP contribution in [0.4, 0.5) is 14.5 Å². The van der Waals surface area contributed by atoms with E-state index in [1.54, 1.807) is 25.3 Å². The van der Waals surface area contributed by atoms with Gasteiger partial charge in [-0.2, -0.15) is 8.78 Å². The molecule has 0 aliphatic carbocycles. The maximum absolute atomic E-state index is 12.2. The molecule has 1 aromatic rings. The van der Waals surface area contributed by atoms with Crippen LogP contribution in [0.2, 0.25) is 0 Å². The summed E-state index contributed by atoms with van der Waals surface area (Å²) in [7, 11) is 1.56. The Labute approximate surface area is 116 Å². The maximum atomic E-state index is 12.2. The molecule has 20 heavy (non-hydrogen) atoms. The van der Waals surface area contributed by atoms with Crippen LogP contribution >= 0.6 is 0 Å². The molecule has 2 N–H and O–H groups in total. The highest BCUT2D eigenvalue weighted by molar-refractivity contribution is 5.56. The Bertz CT molecular complexity index is 379. The highest BCUT2D eigenvalue weighted by Gasteiger charge is 2.10. The van der Waals surface area contributed by atoms with Gasteiger partial charge in [0.05, 0.1) is 31.6 Å². The Morgan fingerprint density at radius 1 is 1.25 bits per heavy atom. The number of ether oxygens (including phenoxy) is 3. The average molecular weight is 291 g/mol. The lowest BCUT2D eigenvalue weighted by molar-refractivity contribution is -0.0493. The lowest BCUT2D eigenvalue weighted by Crippen LogP contribution is -2.25. The number of alkyl halides is 2. The number of aliphatic hydroxyl groups is 1. The van der Waals surface area contributed by atoms with Crippen LogP contribution in [0, 0.1) is 0 Å². The van der Waals surface area contributed by atoms with Crippen LogP contribution in [-0.2, 0) is 9.47 Å². The number of methoxy groups -OCH3 is 1. The van der Waals surface area contributed by atoms with Crippen molar-refractivity contribution in [3.8, 4) is 5.75 Å². The third-order valence-electron chi connectivity index (χ3n) is 2.37. The van der Waals surface area contributed by atoms with Gasteiger partial charge in [0.25, 0.3) is 0 Å². The molecule has 1 atom stereocenters. The second-order valence-electron chi connectivity index (χ2n) is 3.98. The largest absolute Gasteiger partial charge is 0.433 e. The minimum absolute atomic E-state index is 0.0370. The van der Waals surface area contributed by atoms with Crippen LogP contribution in [0.15, 0.2) is 24.3 Å². The van der Waals surface area contributed by atoms with Gasteiger partial charge in [0, 0.05) is 13.7 Å². The van der Waals surface area contributed by atoms with Gasteiger partial charge in [0.15, 0.2) is 0 Å². The van der Waals surface area contributed by atoms with Gasteiger partial charge in [0.2, 0.25) is 0 Å². The van der Waals surface area contributed by atoms with Crippen molar-refractivity contribution in [1.29, 1.82) is 0 Å². The van der Waals surface area contributed by atoms with Crippen molar-refractivity contribution >= 4 is 5.69 Å². The SMILES string of the molecule is COCCOCC(O)CNc1ccccc1OC(F)F. The molecule has 0 spiro atoms. The molecule has 0 aromatic heterocycles. The summed E-state index contributed by atoms with van der Waals surface area (Å²) in [5, 5.41) is 12.5. The fraction of sp³-hybridized carbons (Fsp3) is 0.538. The van der Waals surface area contributed by atoms with E-state index in [1.807, 2.05) is 0 Å². The van der Waals surface area contributed by atoms with Gasteiger partial charge in [-0.3, -0.25) is 0 Å². The Balaban J connectivity index is 2.37. The van der Waals surface area contributed by atoms with E-state index in [0.717, 1.165) is 0 Å². The van der Waals surface area contributed by atoms with E-state index < -0.39 is 12.7 Å². The van der Waals surface area contributed by atoms with E-state index in [-0.39, 0.29) is 18.9 Å². The number of hydrogen-bond acceptors (Lipinski definition) is 5. The summed E-state index contributed by atoms with van der Waals surface area (Å²) in [4.78, 5) is 0. The minimum atomic E-state index is -2.89. The molecule has 0 saturated carbocycles. The molecule has 0 amide bonds. The van der Waals surface area contributed by atoms with Crippen LogP contribution in [0.1, 0.15) is 0 Å². The zero-order valence-corrected chi connectivity index (χ0v) is 11.2. The zero-order chi connectivity index (χ0) is 14.8. The van der Waals surface area contributed by atoms with Crippen LogP contribution in [0.5, 0.6) is 5.75 Å². The number of benzene rings is 1. The summed E-state index contributed by atoms with van der Waals surface area (Å²) >= 11 is 0. The molecule has 5 nitrogen and oxygen atoms in total. The van der Waals surface area contributed by atoms with Crippen molar-refractivity contribution in [3.05, 3.63) is 24.3 Å². The van der Waals surface area contributed by atoms with Crippen LogP contribution in [-0.4, -0.2) is 51.3 Å². The summed E-state index contributed by atoms with van der Waals surface area (Å²) in [6, 6.07) is 6.29. The molecule has 0 saturated heterocycles. The lowest BCUT2D eigenvalue weighted by atomic mass is 10.2. The topological polar surface area (TPSA) is 60.0 Å². The predicted molar refractivity (Wildman–Crippen MR) is 70.3 cm³/mol. The summed E-state index contributed by atoms with van der Waals surface area (Å²) < 4.78 is 38.7. The normalized spacial score (nSPS) is 12.4. The van der Waals surface area contributed by atoms with Gasteiger partial charge in [-0.05, 0) is 12.1 Å². The smallest absolute Gasteiger partial charge is 0.387 e. The number of para-hydroxylation sites is 2. The zero-order valence-electron chi connectivity index (χ0n) is 11.2. The van der Waals surface area contributed by atoms with Crippen LogP contribution in [0.25, 0.3) is 0 Å². The molecule has 1 unspecified atom stereocenters.